The fraction of sp³-hybridized carbons (Fsp3) is 0.200. The largest absolute Gasteiger partial charge is 0.267 e. The second-order valence-corrected chi connectivity index (χ2v) is 6.85. The van der Waals surface area contributed by atoms with Gasteiger partial charge in [-0.1, -0.05) is 34.1 Å². The molecule has 0 radical (unpaired) electrons. The Morgan fingerprint density at radius 3 is 2.33 bits per heavy atom. The van der Waals surface area contributed by atoms with Crippen LogP contribution in [0.25, 0.3) is 0 Å². The van der Waals surface area contributed by atoms with E-state index in [9.17, 15) is 12.8 Å². The van der Waals surface area contributed by atoms with Crippen LogP contribution in [-0.4, -0.2) is 15.0 Å². The summed E-state index contributed by atoms with van der Waals surface area (Å²) < 4.78 is 39.9. The third kappa shape index (κ3) is 3.44. The van der Waals surface area contributed by atoms with Gasteiger partial charge < -0.3 is 0 Å². The van der Waals surface area contributed by atoms with Gasteiger partial charge in [0.25, 0.3) is 10.0 Å². The van der Waals surface area contributed by atoms with Crippen molar-refractivity contribution in [1.82, 2.24) is 0 Å². The van der Waals surface area contributed by atoms with Gasteiger partial charge in [0.1, 0.15) is 5.82 Å². The van der Waals surface area contributed by atoms with Crippen molar-refractivity contribution < 1.29 is 12.8 Å². The minimum atomic E-state index is -3.69. The predicted molar refractivity (Wildman–Crippen MR) is 85.7 cm³/mol. The van der Waals surface area contributed by atoms with Gasteiger partial charge in [-0.3, -0.25) is 4.31 Å². The second kappa shape index (κ2) is 6.58. The van der Waals surface area contributed by atoms with E-state index in [0.29, 0.717) is 11.0 Å². The summed E-state index contributed by atoms with van der Waals surface area (Å²) in [7, 11) is -3.69. The minimum absolute atomic E-state index is 0.193. The summed E-state index contributed by atoms with van der Waals surface area (Å²) in [4.78, 5) is 0.193. The smallest absolute Gasteiger partial charge is 0.264 e. The summed E-state index contributed by atoms with van der Waals surface area (Å²) in [5.41, 5.74) is 1.31. The zero-order chi connectivity index (χ0) is 15.5. The molecule has 2 aromatic carbocycles. The molecule has 21 heavy (non-hydrogen) atoms. The first-order valence-corrected chi connectivity index (χ1v) is 8.98. The van der Waals surface area contributed by atoms with Crippen molar-refractivity contribution in [2.24, 2.45) is 0 Å². The van der Waals surface area contributed by atoms with E-state index in [1.165, 1.54) is 22.5 Å². The summed E-state index contributed by atoms with van der Waals surface area (Å²) in [6, 6.07) is 12.2. The maximum atomic E-state index is 13.3. The molecule has 0 aliphatic carbocycles. The molecule has 0 unspecified atom stereocenters. The molecule has 0 aromatic heterocycles. The number of halogens is 2. The average Bonchev–Trinajstić information content (AvgIpc) is 2.48. The van der Waals surface area contributed by atoms with Crippen LogP contribution in [0.5, 0.6) is 0 Å². The molecule has 0 aliphatic heterocycles. The van der Waals surface area contributed by atoms with Gasteiger partial charge in [0.05, 0.1) is 10.6 Å². The monoisotopic (exact) mass is 371 g/mol. The third-order valence-corrected chi connectivity index (χ3v) is 5.61. The molecule has 0 spiro atoms. The predicted octanol–water partition coefficient (Wildman–Crippen LogP) is 3.94. The van der Waals surface area contributed by atoms with Gasteiger partial charge in [0, 0.05) is 11.9 Å². The van der Waals surface area contributed by atoms with Crippen LogP contribution in [0.3, 0.4) is 0 Å². The van der Waals surface area contributed by atoms with Crippen LogP contribution in [0.4, 0.5) is 10.1 Å². The van der Waals surface area contributed by atoms with Gasteiger partial charge in [0.2, 0.25) is 0 Å². The van der Waals surface area contributed by atoms with E-state index in [2.05, 4.69) is 15.9 Å². The van der Waals surface area contributed by atoms with Crippen LogP contribution in [0.2, 0.25) is 0 Å². The summed E-state index contributed by atoms with van der Waals surface area (Å²) in [5, 5.41) is 0.661. The minimum Gasteiger partial charge on any atom is -0.267 e. The lowest BCUT2D eigenvalue weighted by Crippen LogP contribution is -2.30. The summed E-state index contributed by atoms with van der Waals surface area (Å²) in [6.45, 7) is 1.95. The first kappa shape index (κ1) is 16.0. The Kier molecular flexibility index (Phi) is 5.00. The van der Waals surface area contributed by atoms with Crippen molar-refractivity contribution in [1.29, 1.82) is 0 Å². The quantitative estimate of drug-likeness (QED) is 0.746. The number of rotatable bonds is 5. The van der Waals surface area contributed by atoms with Gasteiger partial charge in [-0.25, -0.2) is 12.8 Å². The Balaban J connectivity index is 2.44. The molecule has 0 fully saturated rings. The molecule has 2 aromatic rings. The third-order valence-electron chi connectivity index (χ3n) is 3.05. The zero-order valence-corrected chi connectivity index (χ0v) is 13.9. The Morgan fingerprint density at radius 1 is 1.14 bits per heavy atom. The van der Waals surface area contributed by atoms with Crippen LogP contribution >= 0.6 is 15.9 Å². The van der Waals surface area contributed by atoms with Crippen LogP contribution in [0, 0.1) is 5.82 Å². The number of hydrogen-bond donors (Lipinski definition) is 0. The Bertz CT molecular complexity index is 717. The van der Waals surface area contributed by atoms with E-state index in [1.54, 1.807) is 37.3 Å². The molecule has 0 atom stereocenters. The summed E-state index contributed by atoms with van der Waals surface area (Å²) >= 11 is 3.32. The van der Waals surface area contributed by atoms with E-state index >= 15 is 0 Å². The molecule has 112 valence electrons. The number of hydrogen-bond acceptors (Lipinski definition) is 2. The number of sulfonamides is 1. The highest BCUT2D eigenvalue weighted by Gasteiger charge is 2.23. The number of alkyl halides is 1. The molecule has 6 heteroatoms. The fourth-order valence-electron chi connectivity index (χ4n) is 2.00. The van der Waals surface area contributed by atoms with Crippen molar-refractivity contribution in [3.63, 3.8) is 0 Å². The fourth-order valence-corrected chi connectivity index (χ4v) is 3.84. The molecule has 0 amide bonds. The first-order chi connectivity index (χ1) is 9.98. The zero-order valence-electron chi connectivity index (χ0n) is 11.5. The topological polar surface area (TPSA) is 37.4 Å². The molecule has 3 nitrogen and oxygen atoms in total. The standard InChI is InChI=1S/C15H15BrFNO2S/c1-2-18(14-5-3-4-13(17)10-14)21(19,20)15-8-6-12(11-16)7-9-15/h3-10H,2,11H2,1H3. The molecule has 0 heterocycles. The highest BCUT2D eigenvalue weighted by atomic mass is 79.9. The molecule has 0 aliphatic rings. The van der Waals surface area contributed by atoms with Crippen LogP contribution < -0.4 is 4.31 Å². The van der Waals surface area contributed by atoms with Gasteiger partial charge in [-0.2, -0.15) is 0 Å². The maximum absolute atomic E-state index is 13.3. The van der Waals surface area contributed by atoms with Gasteiger partial charge in [-0.05, 0) is 42.8 Å². The average molecular weight is 372 g/mol. The van der Waals surface area contributed by atoms with Crippen molar-refractivity contribution in [2.75, 3.05) is 10.8 Å². The van der Waals surface area contributed by atoms with E-state index in [1.807, 2.05) is 0 Å². The molecule has 0 N–H and O–H groups in total. The maximum Gasteiger partial charge on any atom is 0.264 e. The van der Waals surface area contributed by atoms with E-state index in [-0.39, 0.29) is 11.4 Å². The Hall–Kier alpha value is -1.40. The van der Waals surface area contributed by atoms with Gasteiger partial charge in [-0.15, -0.1) is 0 Å². The Labute approximate surface area is 132 Å². The highest BCUT2D eigenvalue weighted by molar-refractivity contribution is 9.08. The molecule has 0 saturated carbocycles. The van der Waals surface area contributed by atoms with Gasteiger partial charge >= 0.3 is 0 Å². The number of benzene rings is 2. The van der Waals surface area contributed by atoms with E-state index < -0.39 is 15.8 Å². The van der Waals surface area contributed by atoms with Crippen LogP contribution in [0.15, 0.2) is 53.4 Å². The molecular weight excluding hydrogens is 357 g/mol. The Morgan fingerprint density at radius 2 is 1.81 bits per heavy atom. The number of nitrogens with zero attached hydrogens (tertiary/aromatic N) is 1. The van der Waals surface area contributed by atoms with Gasteiger partial charge in [0.15, 0.2) is 0 Å². The second-order valence-electron chi connectivity index (χ2n) is 4.43. The number of anilines is 1. The summed E-state index contributed by atoms with van der Waals surface area (Å²) in [5.74, 6) is -0.462. The SMILES string of the molecule is CCN(c1cccc(F)c1)S(=O)(=O)c1ccc(CBr)cc1. The van der Waals surface area contributed by atoms with Crippen LogP contribution in [0.1, 0.15) is 12.5 Å². The normalized spacial score (nSPS) is 11.4. The van der Waals surface area contributed by atoms with Crippen LogP contribution in [-0.2, 0) is 15.4 Å². The van der Waals surface area contributed by atoms with E-state index in [4.69, 9.17) is 0 Å². The highest BCUT2D eigenvalue weighted by Crippen LogP contribution is 2.24. The van der Waals surface area contributed by atoms with E-state index in [0.717, 1.165) is 5.56 Å². The first-order valence-electron chi connectivity index (χ1n) is 6.42. The van der Waals surface area contributed by atoms with Crippen molar-refractivity contribution >= 4 is 31.6 Å². The van der Waals surface area contributed by atoms with Crippen molar-refractivity contribution in [2.45, 2.75) is 17.1 Å². The lowest BCUT2D eigenvalue weighted by Gasteiger charge is -2.23. The molecule has 0 saturated heterocycles. The lowest BCUT2D eigenvalue weighted by molar-refractivity contribution is 0.591. The molecule has 2 rings (SSSR count). The molecular formula is C15H15BrFNO2S. The lowest BCUT2D eigenvalue weighted by atomic mass is 10.2. The summed E-state index contributed by atoms with van der Waals surface area (Å²) in [6.07, 6.45) is 0. The van der Waals surface area contributed by atoms with Crippen molar-refractivity contribution in [3.05, 3.63) is 59.9 Å². The van der Waals surface area contributed by atoms with Crippen molar-refractivity contribution in [3.8, 4) is 0 Å². The molecule has 0 bridgehead atoms.